The number of hydrogen-bond donors (Lipinski definition) is 0. The van der Waals surface area contributed by atoms with E-state index in [1.54, 1.807) is 0 Å². The van der Waals surface area contributed by atoms with Gasteiger partial charge in [0.05, 0.1) is 23.0 Å². The number of nitrogens with zero attached hydrogens (tertiary/aromatic N) is 2. The van der Waals surface area contributed by atoms with E-state index in [9.17, 15) is 20.2 Å². The Morgan fingerprint density at radius 3 is 2.20 bits per heavy atom. The fourth-order valence-corrected chi connectivity index (χ4v) is 1.24. The number of hydrogen-bond acceptors (Lipinski definition) is 5. The van der Waals surface area contributed by atoms with Crippen molar-refractivity contribution in [3.05, 3.63) is 37.9 Å². The summed E-state index contributed by atoms with van der Waals surface area (Å²) in [7, 11) is 1.28. The highest BCUT2D eigenvalue weighted by molar-refractivity contribution is 5.58. The first kappa shape index (κ1) is 10.9. The third kappa shape index (κ3) is 2.01. The van der Waals surface area contributed by atoms with Crippen LogP contribution in [0.5, 0.6) is 5.75 Å². The van der Waals surface area contributed by atoms with Gasteiger partial charge in [-0.3, -0.25) is 20.2 Å². The Labute approximate surface area is 84.6 Å². The molecule has 15 heavy (non-hydrogen) atoms. The van der Waals surface area contributed by atoms with Crippen LogP contribution in [-0.2, 0) is 0 Å². The van der Waals surface area contributed by atoms with Gasteiger partial charge in [0.2, 0.25) is 0 Å². The maximum atomic E-state index is 10.6. The van der Waals surface area contributed by atoms with Crippen LogP contribution in [0, 0.1) is 27.2 Å². The molecule has 0 atom stereocenters. The Morgan fingerprint density at radius 2 is 1.80 bits per heavy atom. The second-order valence-corrected chi connectivity index (χ2v) is 2.83. The van der Waals surface area contributed by atoms with Gasteiger partial charge in [0.1, 0.15) is 0 Å². The van der Waals surface area contributed by atoms with Crippen molar-refractivity contribution in [2.45, 2.75) is 6.92 Å². The second-order valence-electron chi connectivity index (χ2n) is 2.83. The van der Waals surface area contributed by atoms with Crippen molar-refractivity contribution in [2.24, 2.45) is 0 Å². The average Bonchev–Trinajstić information content (AvgIpc) is 2.16. The lowest BCUT2D eigenvalue weighted by molar-refractivity contribution is -0.394. The van der Waals surface area contributed by atoms with Crippen molar-refractivity contribution < 1.29 is 14.6 Å². The molecule has 0 aromatic heterocycles. The zero-order valence-electron chi connectivity index (χ0n) is 8.09. The smallest absolute Gasteiger partial charge is 0.318 e. The lowest BCUT2D eigenvalue weighted by atomic mass is 10.1. The first-order valence-electron chi connectivity index (χ1n) is 3.94. The van der Waals surface area contributed by atoms with Gasteiger partial charge in [-0.2, -0.15) is 0 Å². The van der Waals surface area contributed by atoms with E-state index >= 15 is 0 Å². The van der Waals surface area contributed by atoms with Crippen LogP contribution in [0.4, 0.5) is 11.4 Å². The summed E-state index contributed by atoms with van der Waals surface area (Å²) in [5.74, 6) is 0.0469. The van der Waals surface area contributed by atoms with E-state index in [-0.39, 0.29) is 11.4 Å². The molecule has 0 bridgehead atoms. The van der Waals surface area contributed by atoms with Crippen LogP contribution in [0.3, 0.4) is 0 Å². The molecule has 1 aromatic carbocycles. The fourth-order valence-electron chi connectivity index (χ4n) is 1.24. The van der Waals surface area contributed by atoms with E-state index in [0.29, 0.717) is 5.56 Å². The summed E-state index contributed by atoms with van der Waals surface area (Å²) < 4.78 is 4.81. The molecule has 0 saturated carbocycles. The number of rotatable bonds is 3. The van der Waals surface area contributed by atoms with E-state index in [4.69, 9.17) is 4.74 Å². The van der Waals surface area contributed by atoms with Crippen LogP contribution in [0.15, 0.2) is 12.1 Å². The van der Waals surface area contributed by atoms with E-state index in [2.05, 4.69) is 0 Å². The summed E-state index contributed by atoms with van der Waals surface area (Å²) in [4.78, 5) is 19.7. The standard InChI is InChI=1S/C8H8N2O5/c1-5-3-6(9(11)12)4-7(10(13)14)8(5)15-2/h3-4H,1-2H3. The zero-order valence-corrected chi connectivity index (χ0v) is 8.09. The maximum Gasteiger partial charge on any atom is 0.318 e. The molecule has 0 radical (unpaired) electrons. The molecule has 0 unspecified atom stereocenters. The SMILES string of the molecule is COc1c(C)cc([N+](=O)[O-])cc1[N+](=O)[O-]. The van der Waals surface area contributed by atoms with Crippen LogP contribution in [-0.4, -0.2) is 17.0 Å². The van der Waals surface area contributed by atoms with Gasteiger partial charge in [-0.1, -0.05) is 0 Å². The highest BCUT2D eigenvalue weighted by atomic mass is 16.6. The normalized spacial score (nSPS) is 9.73. The summed E-state index contributed by atoms with van der Waals surface area (Å²) in [5.41, 5.74) is -0.359. The van der Waals surface area contributed by atoms with Crippen molar-refractivity contribution >= 4 is 11.4 Å². The molecule has 0 spiro atoms. The molecule has 7 heteroatoms. The predicted octanol–water partition coefficient (Wildman–Crippen LogP) is 1.82. The minimum Gasteiger partial charge on any atom is -0.490 e. The summed E-state index contributed by atoms with van der Waals surface area (Å²) in [6.45, 7) is 1.51. The zero-order chi connectivity index (χ0) is 11.6. The molecular weight excluding hydrogens is 204 g/mol. The number of non-ortho nitro benzene ring substituents is 1. The number of ether oxygens (including phenoxy) is 1. The van der Waals surface area contributed by atoms with Crippen LogP contribution in [0.2, 0.25) is 0 Å². The van der Waals surface area contributed by atoms with Gasteiger partial charge < -0.3 is 4.74 Å². The highest BCUT2D eigenvalue weighted by Gasteiger charge is 2.22. The number of benzene rings is 1. The Morgan fingerprint density at radius 1 is 1.20 bits per heavy atom. The molecule has 0 fully saturated rings. The largest absolute Gasteiger partial charge is 0.490 e. The van der Waals surface area contributed by atoms with Crippen LogP contribution in [0.25, 0.3) is 0 Å². The molecule has 0 aliphatic heterocycles. The summed E-state index contributed by atoms with van der Waals surface area (Å²) >= 11 is 0. The fraction of sp³-hybridized carbons (Fsp3) is 0.250. The van der Waals surface area contributed by atoms with Gasteiger partial charge in [-0.05, 0) is 6.92 Å². The Bertz CT molecular complexity index is 429. The molecule has 0 saturated heterocycles. The second kappa shape index (κ2) is 3.91. The maximum absolute atomic E-state index is 10.6. The Balaban J connectivity index is 3.45. The highest BCUT2D eigenvalue weighted by Crippen LogP contribution is 2.34. The summed E-state index contributed by atoms with van der Waals surface area (Å²) in [6.07, 6.45) is 0. The van der Waals surface area contributed by atoms with Gasteiger partial charge in [0, 0.05) is 11.6 Å². The Kier molecular flexibility index (Phi) is 2.84. The number of methoxy groups -OCH3 is 1. The van der Waals surface area contributed by atoms with E-state index in [1.807, 2.05) is 0 Å². The van der Waals surface area contributed by atoms with Crippen LogP contribution < -0.4 is 4.74 Å². The van der Waals surface area contributed by atoms with Crippen LogP contribution in [0.1, 0.15) is 5.56 Å². The minimum absolute atomic E-state index is 0.0469. The summed E-state index contributed by atoms with van der Waals surface area (Å²) in [5, 5.41) is 21.1. The minimum atomic E-state index is -0.709. The average molecular weight is 212 g/mol. The van der Waals surface area contributed by atoms with Crippen molar-refractivity contribution in [3.8, 4) is 5.75 Å². The number of nitro benzene ring substituents is 2. The van der Waals surface area contributed by atoms with E-state index in [1.165, 1.54) is 20.1 Å². The molecule has 80 valence electrons. The molecule has 0 N–H and O–H groups in total. The van der Waals surface area contributed by atoms with Crippen molar-refractivity contribution in [2.75, 3.05) is 7.11 Å². The van der Waals surface area contributed by atoms with Gasteiger partial charge in [0.25, 0.3) is 5.69 Å². The third-order valence-corrected chi connectivity index (χ3v) is 1.85. The third-order valence-electron chi connectivity index (χ3n) is 1.85. The lowest BCUT2D eigenvalue weighted by Crippen LogP contribution is -1.98. The van der Waals surface area contributed by atoms with Gasteiger partial charge in [0.15, 0.2) is 5.75 Å². The topological polar surface area (TPSA) is 95.5 Å². The van der Waals surface area contributed by atoms with Gasteiger partial charge >= 0.3 is 5.69 Å². The quantitative estimate of drug-likeness (QED) is 0.562. The van der Waals surface area contributed by atoms with Crippen molar-refractivity contribution in [1.82, 2.24) is 0 Å². The van der Waals surface area contributed by atoms with Crippen molar-refractivity contribution in [3.63, 3.8) is 0 Å². The Hall–Kier alpha value is -2.18. The van der Waals surface area contributed by atoms with Crippen molar-refractivity contribution in [1.29, 1.82) is 0 Å². The molecule has 0 aliphatic carbocycles. The van der Waals surface area contributed by atoms with Gasteiger partial charge in [-0.15, -0.1) is 0 Å². The molecular formula is C8H8N2O5. The predicted molar refractivity (Wildman–Crippen MR) is 51.0 cm³/mol. The number of aryl methyl sites for hydroxylation is 1. The van der Waals surface area contributed by atoms with Gasteiger partial charge in [-0.25, -0.2) is 0 Å². The molecule has 1 aromatic rings. The summed E-state index contributed by atoms with van der Waals surface area (Å²) in [6, 6.07) is 2.11. The number of nitro groups is 2. The molecule has 7 nitrogen and oxygen atoms in total. The molecule has 0 aliphatic rings. The first-order valence-corrected chi connectivity index (χ1v) is 3.94. The van der Waals surface area contributed by atoms with Crippen LogP contribution >= 0.6 is 0 Å². The molecule has 0 heterocycles. The lowest BCUT2D eigenvalue weighted by Gasteiger charge is -2.04. The molecule has 0 amide bonds. The first-order chi connectivity index (χ1) is 6.97. The monoisotopic (exact) mass is 212 g/mol. The molecule has 1 rings (SSSR count). The van der Waals surface area contributed by atoms with E-state index in [0.717, 1.165) is 6.07 Å². The van der Waals surface area contributed by atoms with E-state index < -0.39 is 15.5 Å².